The van der Waals surface area contributed by atoms with Crippen LogP contribution in [0.2, 0.25) is 0 Å². The van der Waals surface area contributed by atoms with Gasteiger partial charge >= 0.3 is 0 Å². The van der Waals surface area contributed by atoms with E-state index in [-0.39, 0.29) is 12.7 Å². The first-order valence-corrected chi connectivity index (χ1v) is 7.30. The molecule has 4 nitrogen and oxygen atoms in total. The van der Waals surface area contributed by atoms with Crippen molar-refractivity contribution < 1.29 is 14.6 Å². The highest BCUT2D eigenvalue weighted by atomic mass is 79.9. The lowest BCUT2D eigenvalue weighted by molar-refractivity contribution is 0.0671. The molecule has 0 heterocycles. The maximum Gasteiger partial charge on any atom is 0.119 e. The lowest BCUT2D eigenvalue weighted by Crippen LogP contribution is -2.35. The van der Waals surface area contributed by atoms with Crippen molar-refractivity contribution >= 4 is 15.9 Å². The Morgan fingerprint density at radius 2 is 1.95 bits per heavy atom. The Bertz CT molecular complexity index is 345. The van der Waals surface area contributed by atoms with Gasteiger partial charge in [0.1, 0.15) is 18.5 Å². The van der Waals surface area contributed by atoms with E-state index >= 15 is 0 Å². The van der Waals surface area contributed by atoms with Gasteiger partial charge in [0.2, 0.25) is 0 Å². The Morgan fingerprint density at radius 3 is 2.58 bits per heavy atom. The second-order valence-electron chi connectivity index (χ2n) is 4.34. The number of hydrogen-bond acceptors (Lipinski definition) is 4. The third-order valence-corrected chi connectivity index (χ3v) is 3.05. The molecule has 5 heteroatoms. The van der Waals surface area contributed by atoms with Crippen LogP contribution in [0.15, 0.2) is 28.7 Å². The molecule has 0 bridgehead atoms. The summed E-state index contributed by atoms with van der Waals surface area (Å²) in [4.78, 5) is 0. The van der Waals surface area contributed by atoms with E-state index in [1.165, 1.54) is 0 Å². The zero-order valence-corrected chi connectivity index (χ0v) is 13.0. The largest absolute Gasteiger partial charge is 0.491 e. The third kappa shape index (κ3) is 7.52. The van der Waals surface area contributed by atoms with Crippen LogP contribution in [0.3, 0.4) is 0 Å². The van der Waals surface area contributed by atoms with Crippen molar-refractivity contribution in [3.8, 4) is 5.75 Å². The van der Waals surface area contributed by atoms with Crippen LogP contribution in [0.1, 0.15) is 13.8 Å². The molecule has 1 aromatic carbocycles. The predicted octanol–water partition coefficient (Wildman–Crippen LogP) is 2.20. The van der Waals surface area contributed by atoms with Crippen LogP contribution in [0.4, 0.5) is 0 Å². The van der Waals surface area contributed by atoms with Crippen molar-refractivity contribution in [3.05, 3.63) is 28.7 Å². The molecule has 108 valence electrons. The molecular weight excluding hydrogens is 310 g/mol. The summed E-state index contributed by atoms with van der Waals surface area (Å²) in [7, 11) is 0. The Balaban J connectivity index is 2.14. The first-order chi connectivity index (χ1) is 9.11. The van der Waals surface area contributed by atoms with Crippen molar-refractivity contribution in [1.29, 1.82) is 0 Å². The Morgan fingerprint density at radius 1 is 1.26 bits per heavy atom. The van der Waals surface area contributed by atoms with Crippen LogP contribution in [-0.2, 0) is 4.74 Å². The molecule has 2 atom stereocenters. The van der Waals surface area contributed by atoms with Gasteiger partial charge in [-0.1, -0.05) is 15.9 Å². The van der Waals surface area contributed by atoms with Gasteiger partial charge in [-0.3, -0.25) is 0 Å². The number of aliphatic hydroxyl groups excluding tert-OH is 1. The fraction of sp³-hybridized carbons (Fsp3) is 0.571. The number of aliphatic hydroxyl groups is 1. The Kier molecular flexibility index (Phi) is 8.05. The lowest BCUT2D eigenvalue weighted by atomic mass is 10.3. The van der Waals surface area contributed by atoms with Gasteiger partial charge in [-0.05, 0) is 38.1 Å². The summed E-state index contributed by atoms with van der Waals surface area (Å²) >= 11 is 3.36. The molecule has 0 fully saturated rings. The summed E-state index contributed by atoms with van der Waals surface area (Å²) in [5.41, 5.74) is 0. The molecule has 0 spiro atoms. The van der Waals surface area contributed by atoms with Gasteiger partial charge in [-0.15, -0.1) is 0 Å². The van der Waals surface area contributed by atoms with Gasteiger partial charge in [-0.2, -0.15) is 0 Å². The first-order valence-electron chi connectivity index (χ1n) is 6.50. The fourth-order valence-corrected chi connectivity index (χ4v) is 1.84. The van der Waals surface area contributed by atoms with E-state index in [0.29, 0.717) is 13.2 Å². The average molecular weight is 332 g/mol. The molecule has 2 N–H and O–H groups in total. The monoisotopic (exact) mass is 331 g/mol. The first kappa shape index (κ1) is 16.4. The smallest absolute Gasteiger partial charge is 0.119 e. The maximum absolute atomic E-state index is 9.77. The average Bonchev–Trinajstić information content (AvgIpc) is 2.38. The SMILES string of the molecule is CCOC(C)CNCC(O)COc1ccc(Br)cc1. The maximum atomic E-state index is 9.77. The molecule has 1 aromatic rings. The van der Waals surface area contributed by atoms with Crippen LogP contribution in [0.25, 0.3) is 0 Å². The van der Waals surface area contributed by atoms with Crippen LogP contribution >= 0.6 is 15.9 Å². The van der Waals surface area contributed by atoms with Crippen LogP contribution in [0, 0.1) is 0 Å². The van der Waals surface area contributed by atoms with Gasteiger partial charge < -0.3 is 19.9 Å². The lowest BCUT2D eigenvalue weighted by Gasteiger charge is -2.16. The van der Waals surface area contributed by atoms with E-state index in [2.05, 4.69) is 21.2 Å². The molecule has 0 aliphatic heterocycles. The summed E-state index contributed by atoms with van der Waals surface area (Å²) in [6.07, 6.45) is -0.373. The third-order valence-electron chi connectivity index (χ3n) is 2.52. The molecule has 1 rings (SSSR count). The van der Waals surface area contributed by atoms with E-state index in [9.17, 15) is 5.11 Å². The van der Waals surface area contributed by atoms with Crippen LogP contribution in [-0.4, -0.2) is 43.6 Å². The molecule has 0 aliphatic carbocycles. The summed E-state index contributed by atoms with van der Waals surface area (Å²) in [6.45, 7) is 6.17. The fourth-order valence-electron chi connectivity index (χ4n) is 1.58. The number of halogens is 1. The molecule has 0 aromatic heterocycles. The minimum Gasteiger partial charge on any atom is -0.491 e. The highest BCUT2D eigenvalue weighted by Gasteiger charge is 2.06. The molecule has 0 saturated carbocycles. The van der Waals surface area contributed by atoms with E-state index < -0.39 is 6.10 Å². The number of rotatable bonds is 9. The van der Waals surface area contributed by atoms with Gasteiger partial charge in [0, 0.05) is 24.2 Å². The van der Waals surface area contributed by atoms with Crippen molar-refractivity contribution in [1.82, 2.24) is 5.32 Å². The predicted molar refractivity (Wildman–Crippen MR) is 79.6 cm³/mol. The van der Waals surface area contributed by atoms with Gasteiger partial charge in [-0.25, -0.2) is 0 Å². The normalized spacial score (nSPS) is 14.1. The molecule has 0 aliphatic rings. The number of nitrogens with one attached hydrogen (secondary N) is 1. The zero-order valence-electron chi connectivity index (χ0n) is 11.4. The van der Waals surface area contributed by atoms with E-state index in [4.69, 9.17) is 9.47 Å². The summed E-state index contributed by atoms with van der Waals surface area (Å²) in [6, 6.07) is 7.54. The molecule has 0 radical (unpaired) electrons. The van der Waals surface area contributed by atoms with Crippen molar-refractivity contribution in [2.45, 2.75) is 26.1 Å². The quantitative estimate of drug-likeness (QED) is 0.728. The number of benzene rings is 1. The standard InChI is InChI=1S/C14H22BrNO3/c1-3-18-11(2)8-16-9-13(17)10-19-14-6-4-12(15)5-7-14/h4-7,11,13,16-17H,3,8-10H2,1-2H3. The highest BCUT2D eigenvalue weighted by molar-refractivity contribution is 9.10. The summed E-state index contributed by atoms with van der Waals surface area (Å²) < 4.78 is 11.9. The molecule has 19 heavy (non-hydrogen) atoms. The Hall–Kier alpha value is -0.620. The van der Waals surface area contributed by atoms with Gasteiger partial charge in [0.05, 0.1) is 6.10 Å². The zero-order chi connectivity index (χ0) is 14.1. The second kappa shape index (κ2) is 9.31. The molecule has 0 saturated heterocycles. The minimum atomic E-state index is -0.530. The van der Waals surface area contributed by atoms with Gasteiger partial charge in [0.15, 0.2) is 0 Å². The molecule has 0 amide bonds. The summed E-state index contributed by atoms with van der Waals surface area (Å²) in [5.74, 6) is 0.755. The summed E-state index contributed by atoms with van der Waals surface area (Å²) in [5, 5.41) is 12.9. The van der Waals surface area contributed by atoms with E-state index in [0.717, 1.165) is 16.8 Å². The van der Waals surface area contributed by atoms with Gasteiger partial charge in [0.25, 0.3) is 0 Å². The number of ether oxygens (including phenoxy) is 2. The van der Waals surface area contributed by atoms with Crippen molar-refractivity contribution in [2.75, 3.05) is 26.3 Å². The van der Waals surface area contributed by atoms with Crippen LogP contribution < -0.4 is 10.1 Å². The highest BCUT2D eigenvalue weighted by Crippen LogP contribution is 2.16. The van der Waals surface area contributed by atoms with E-state index in [1.54, 1.807) is 0 Å². The Labute approximate surface area is 123 Å². The van der Waals surface area contributed by atoms with Crippen molar-refractivity contribution in [3.63, 3.8) is 0 Å². The van der Waals surface area contributed by atoms with Crippen molar-refractivity contribution in [2.24, 2.45) is 0 Å². The van der Waals surface area contributed by atoms with Crippen LogP contribution in [0.5, 0.6) is 5.75 Å². The second-order valence-corrected chi connectivity index (χ2v) is 5.26. The topological polar surface area (TPSA) is 50.7 Å². The number of hydrogen-bond donors (Lipinski definition) is 2. The minimum absolute atomic E-state index is 0.157. The molecule has 2 unspecified atom stereocenters. The van der Waals surface area contributed by atoms with E-state index in [1.807, 2.05) is 38.1 Å². The molecular formula is C14H22BrNO3.